The van der Waals surface area contributed by atoms with E-state index < -0.39 is 23.4 Å². The molecule has 0 fully saturated rings. The first-order valence-corrected chi connectivity index (χ1v) is 5.58. The molecule has 0 heterocycles. The van der Waals surface area contributed by atoms with E-state index in [-0.39, 0.29) is 17.8 Å². The van der Waals surface area contributed by atoms with Gasteiger partial charge in [0.2, 0.25) is 0 Å². The number of terminal acetylenes is 1. The van der Waals surface area contributed by atoms with Crippen LogP contribution in [0.2, 0.25) is 0 Å². The van der Waals surface area contributed by atoms with Gasteiger partial charge in [0.05, 0.1) is 17.0 Å². The van der Waals surface area contributed by atoms with Crippen molar-refractivity contribution in [2.75, 3.05) is 13.2 Å². The first-order chi connectivity index (χ1) is 9.45. The highest BCUT2D eigenvalue weighted by Gasteiger charge is 2.15. The summed E-state index contributed by atoms with van der Waals surface area (Å²) >= 11 is 0. The van der Waals surface area contributed by atoms with Gasteiger partial charge in [-0.15, -0.1) is 6.42 Å². The van der Waals surface area contributed by atoms with Crippen LogP contribution in [0.25, 0.3) is 0 Å². The number of aryl methyl sites for hydroxylation is 1. The minimum Gasteiger partial charge on any atom is -0.452 e. The lowest BCUT2D eigenvalue weighted by Crippen LogP contribution is -2.29. The summed E-state index contributed by atoms with van der Waals surface area (Å²) in [4.78, 5) is 32.9. The lowest BCUT2D eigenvalue weighted by atomic mass is 10.1. The molecule has 1 rings (SSSR count). The normalized spacial score (nSPS) is 9.40. The zero-order chi connectivity index (χ0) is 15.1. The number of esters is 1. The van der Waals surface area contributed by atoms with Crippen molar-refractivity contribution in [2.45, 2.75) is 6.92 Å². The smallest absolute Gasteiger partial charge is 0.338 e. The van der Waals surface area contributed by atoms with Crippen LogP contribution in [-0.4, -0.2) is 30.0 Å². The van der Waals surface area contributed by atoms with Crippen LogP contribution in [0, 0.1) is 29.4 Å². The zero-order valence-corrected chi connectivity index (χ0v) is 10.7. The molecule has 0 saturated heterocycles. The summed E-state index contributed by atoms with van der Waals surface area (Å²) in [6.45, 7) is 1.10. The fourth-order valence-electron chi connectivity index (χ4n) is 1.40. The van der Waals surface area contributed by atoms with Crippen molar-refractivity contribution in [3.05, 3.63) is 39.4 Å². The van der Waals surface area contributed by atoms with Gasteiger partial charge in [-0.2, -0.15) is 0 Å². The summed E-state index contributed by atoms with van der Waals surface area (Å²) in [6.07, 6.45) is 4.95. The Morgan fingerprint density at radius 1 is 1.50 bits per heavy atom. The van der Waals surface area contributed by atoms with Gasteiger partial charge in [-0.1, -0.05) is 5.92 Å². The number of ether oxygens (including phenoxy) is 1. The zero-order valence-electron chi connectivity index (χ0n) is 10.7. The van der Waals surface area contributed by atoms with Crippen LogP contribution < -0.4 is 5.32 Å². The Morgan fingerprint density at radius 2 is 2.20 bits per heavy atom. The van der Waals surface area contributed by atoms with Crippen molar-refractivity contribution >= 4 is 17.6 Å². The molecule has 7 nitrogen and oxygen atoms in total. The minimum atomic E-state index is -0.737. The third-order valence-corrected chi connectivity index (χ3v) is 2.35. The molecule has 0 aliphatic rings. The summed E-state index contributed by atoms with van der Waals surface area (Å²) in [5.74, 6) is 0.950. The van der Waals surface area contributed by atoms with E-state index in [1.165, 1.54) is 25.1 Å². The van der Waals surface area contributed by atoms with Gasteiger partial charge < -0.3 is 10.1 Å². The highest BCUT2D eigenvalue weighted by molar-refractivity contribution is 5.91. The Labute approximate surface area is 115 Å². The summed E-state index contributed by atoms with van der Waals surface area (Å²) in [5.41, 5.74) is 0.382. The number of benzene rings is 1. The third kappa shape index (κ3) is 4.10. The largest absolute Gasteiger partial charge is 0.452 e. The number of amides is 1. The maximum Gasteiger partial charge on any atom is 0.338 e. The van der Waals surface area contributed by atoms with Crippen molar-refractivity contribution in [1.29, 1.82) is 0 Å². The Kier molecular flexibility index (Phi) is 5.23. The van der Waals surface area contributed by atoms with E-state index in [4.69, 9.17) is 11.2 Å². The summed E-state index contributed by atoms with van der Waals surface area (Å²) in [5, 5.41) is 13.0. The number of carbonyl (C=O) groups excluding carboxylic acids is 2. The van der Waals surface area contributed by atoms with Gasteiger partial charge in [0.25, 0.3) is 11.6 Å². The molecule has 1 aromatic rings. The predicted molar refractivity (Wildman–Crippen MR) is 70.0 cm³/mol. The minimum absolute atomic E-state index is 0.0486. The second-order valence-electron chi connectivity index (χ2n) is 3.82. The number of hydrogen-bond acceptors (Lipinski definition) is 5. The average molecular weight is 276 g/mol. The molecule has 1 amide bonds. The van der Waals surface area contributed by atoms with Crippen LogP contribution in [0.3, 0.4) is 0 Å². The maximum absolute atomic E-state index is 11.6. The Hall–Kier alpha value is -2.88. The molecule has 0 bridgehead atoms. The summed E-state index contributed by atoms with van der Waals surface area (Å²) < 4.78 is 4.75. The first-order valence-electron chi connectivity index (χ1n) is 5.58. The molecule has 0 unspecified atom stereocenters. The van der Waals surface area contributed by atoms with E-state index in [1.807, 2.05) is 0 Å². The van der Waals surface area contributed by atoms with Gasteiger partial charge in [0.15, 0.2) is 6.61 Å². The van der Waals surface area contributed by atoms with Crippen LogP contribution in [0.4, 0.5) is 5.69 Å². The van der Waals surface area contributed by atoms with E-state index in [2.05, 4.69) is 11.2 Å². The van der Waals surface area contributed by atoms with Gasteiger partial charge >= 0.3 is 5.97 Å². The molecule has 0 atom stereocenters. The van der Waals surface area contributed by atoms with Gasteiger partial charge in [-0.05, 0) is 19.1 Å². The Balaban J connectivity index is 2.65. The van der Waals surface area contributed by atoms with Crippen LogP contribution in [0.15, 0.2) is 18.2 Å². The van der Waals surface area contributed by atoms with Crippen molar-refractivity contribution in [3.63, 3.8) is 0 Å². The highest BCUT2D eigenvalue weighted by Crippen LogP contribution is 2.19. The van der Waals surface area contributed by atoms with E-state index >= 15 is 0 Å². The highest BCUT2D eigenvalue weighted by atomic mass is 16.6. The maximum atomic E-state index is 11.6. The Morgan fingerprint density at radius 3 is 2.75 bits per heavy atom. The van der Waals surface area contributed by atoms with Crippen LogP contribution in [0.5, 0.6) is 0 Å². The molecular weight excluding hydrogens is 264 g/mol. The number of nitro benzene ring substituents is 1. The number of nitrogens with zero attached hydrogens (tertiary/aromatic N) is 1. The summed E-state index contributed by atoms with van der Waals surface area (Å²) in [6, 6.07) is 3.82. The second-order valence-corrected chi connectivity index (χ2v) is 3.82. The number of rotatable bonds is 5. The molecule has 0 radical (unpaired) electrons. The topological polar surface area (TPSA) is 98.5 Å². The molecule has 1 N–H and O–H groups in total. The molecule has 104 valence electrons. The first kappa shape index (κ1) is 15.2. The summed E-state index contributed by atoms with van der Waals surface area (Å²) in [7, 11) is 0. The number of hydrogen-bond donors (Lipinski definition) is 1. The quantitative estimate of drug-likeness (QED) is 0.371. The predicted octanol–water partition coefficient (Wildman–Crippen LogP) is 0.809. The molecule has 7 heteroatoms. The third-order valence-electron chi connectivity index (χ3n) is 2.35. The molecule has 0 aromatic heterocycles. The molecule has 0 spiro atoms. The SMILES string of the molecule is C#CCNC(=O)COC(=O)c1ccc([N+](=O)[O-])c(C)c1. The fraction of sp³-hybridized carbons (Fsp3) is 0.231. The molecule has 1 aromatic carbocycles. The Bertz CT molecular complexity index is 589. The van der Waals surface area contributed by atoms with Gasteiger partial charge in [0.1, 0.15) is 0 Å². The van der Waals surface area contributed by atoms with Crippen LogP contribution in [-0.2, 0) is 9.53 Å². The fourth-order valence-corrected chi connectivity index (χ4v) is 1.40. The standard InChI is InChI=1S/C13H12N2O5/c1-3-6-14-12(16)8-20-13(17)10-4-5-11(15(18)19)9(2)7-10/h1,4-5,7H,6,8H2,2H3,(H,14,16). The van der Waals surface area contributed by atoms with E-state index in [9.17, 15) is 19.7 Å². The molecular formula is C13H12N2O5. The van der Waals surface area contributed by atoms with E-state index in [0.29, 0.717) is 5.56 Å². The molecule has 20 heavy (non-hydrogen) atoms. The van der Waals surface area contributed by atoms with Crippen molar-refractivity contribution in [3.8, 4) is 12.3 Å². The number of carbonyl (C=O) groups is 2. The van der Waals surface area contributed by atoms with Gasteiger partial charge in [-0.3, -0.25) is 14.9 Å². The van der Waals surface area contributed by atoms with E-state index in [0.717, 1.165) is 0 Å². The van der Waals surface area contributed by atoms with Crippen molar-refractivity contribution < 1.29 is 19.2 Å². The number of nitrogens with one attached hydrogen (secondary N) is 1. The average Bonchev–Trinajstić information content (AvgIpc) is 2.41. The molecule has 0 saturated carbocycles. The number of nitro groups is 1. The lowest BCUT2D eigenvalue weighted by molar-refractivity contribution is -0.385. The lowest BCUT2D eigenvalue weighted by Gasteiger charge is -2.05. The van der Waals surface area contributed by atoms with Crippen LogP contribution in [0.1, 0.15) is 15.9 Å². The molecule has 0 aliphatic heterocycles. The molecule has 0 aliphatic carbocycles. The van der Waals surface area contributed by atoms with Gasteiger partial charge in [-0.25, -0.2) is 4.79 Å². The van der Waals surface area contributed by atoms with Crippen molar-refractivity contribution in [1.82, 2.24) is 5.32 Å². The monoisotopic (exact) mass is 276 g/mol. The van der Waals surface area contributed by atoms with Crippen LogP contribution >= 0.6 is 0 Å². The second kappa shape index (κ2) is 6.89. The van der Waals surface area contributed by atoms with E-state index in [1.54, 1.807) is 0 Å². The van der Waals surface area contributed by atoms with Crippen molar-refractivity contribution in [2.24, 2.45) is 0 Å². The van der Waals surface area contributed by atoms with Gasteiger partial charge in [0, 0.05) is 11.6 Å².